The standard InChI is InChI=1S/C12H16ClNO2/c13-11-7-8-3-1-2-4-9(8)10(12(11)15)5-6-16-14/h7,15H,1-6,14H2. The first-order valence-corrected chi connectivity index (χ1v) is 5.95. The van der Waals surface area contributed by atoms with E-state index in [4.69, 9.17) is 17.5 Å². The molecule has 0 unspecified atom stereocenters. The Kier molecular flexibility index (Phi) is 3.69. The van der Waals surface area contributed by atoms with Crippen LogP contribution in [-0.2, 0) is 24.1 Å². The van der Waals surface area contributed by atoms with E-state index < -0.39 is 0 Å². The van der Waals surface area contributed by atoms with Crippen LogP contribution < -0.4 is 5.90 Å². The smallest absolute Gasteiger partial charge is 0.137 e. The zero-order valence-corrected chi connectivity index (χ0v) is 9.89. The maximum Gasteiger partial charge on any atom is 0.137 e. The number of rotatable bonds is 3. The fourth-order valence-electron chi connectivity index (χ4n) is 2.37. The molecular weight excluding hydrogens is 226 g/mol. The summed E-state index contributed by atoms with van der Waals surface area (Å²) in [6.07, 6.45) is 5.04. The lowest BCUT2D eigenvalue weighted by Gasteiger charge is -2.21. The van der Waals surface area contributed by atoms with Gasteiger partial charge >= 0.3 is 0 Å². The third kappa shape index (κ3) is 2.17. The Morgan fingerprint density at radius 2 is 2.12 bits per heavy atom. The lowest BCUT2D eigenvalue weighted by Crippen LogP contribution is -2.10. The minimum Gasteiger partial charge on any atom is -0.506 e. The van der Waals surface area contributed by atoms with Crippen LogP contribution in [0.15, 0.2) is 6.07 Å². The third-order valence-corrected chi connectivity index (χ3v) is 3.45. The van der Waals surface area contributed by atoms with E-state index in [2.05, 4.69) is 4.84 Å². The second-order valence-corrected chi connectivity index (χ2v) is 4.56. The molecule has 0 atom stereocenters. The fourth-order valence-corrected chi connectivity index (χ4v) is 2.62. The molecule has 1 aromatic rings. The van der Waals surface area contributed by atoms with Gasteiger partial charge in [-0.1, -0.05) is 11.6 Å². The highest BCUT2D eigenvalue weighted by Crippen LogP contribution is 2.36. The zero-order chi connectivity index (χ0) is 11.5. The van der Waals surface area contributed by atoms with Gasteiger partial charge in [0.15, 0.2) is 0 Å². The maximum atomic E-state index is 9.95. The zero-order valence-electron chi connectivity index (χ0n) is 9.13. The van der Waals surface area contributed by atoms with Crippen LogP contribution in [0.1, 0.15) is 29.5 Å². The minimum absolute atomic E-state index is 0.194. The van der Waals surface area contributed by atoms with Crippen LogP contribution in [0.5, 0.6) is 5.75 Å². The van der Waals surface area contributed by atoms with Crippen molar-refractivity contribution in [3.05, 3.63) is 27.8 Å². The lowest BCUT2D eigenvalue weighted by atomic mass is 9.87. The van der Waals surface area contributed by atoms with Gasteiger partial charge in [0, 0.05) is 12.0 Å². The number of aromatic hydroxyl groups is 1. The fraction of sp³-hybridized carbons (Fsp3) is 0.500. The second kappa shape index (κ2) is 5.04. The summed E-state index contributed by atoms with van der Waals surface area (Å²) < 4.78 is 0. The highest BCUT2D eigenvalue weighted by Gasteiger charge is 2.18. The third-order valence-electron chi connectivity index (χ3n) is 3.16. The second-order valence-electron chi connectivity index (χ2n) is 4.15. The predicted octanol–water partition coefficient (Wildman–Crippen LogP) is 2.36. The Labute approximate surface area is 100 Å². The van der Waals surface area contributed by atoms with Gasteiger partial charge in [0.05, 0.1) is 11.6 Å². The van der Waals surface area contributed by atoms with Crippen molar-refractivity contribution in [1.82, 2.24) is 0 Å². The van der Waals surface area contributed by atoms with E-state index >= 15 is 0 Å². The van der Waals surface area contributed by atoms with Crippen LogP contribution >= 0.6 is 11.6 Å². The molecule has 0 radical (unpaired) electrons. The first-order chi connectivity index (χ1) is 7.74. The molecule has 1 aromatic carbocycles. The number of hydrogen-bond donors (Lipinski definition) is 2. The normalized spacial score (nSPS) is 14.9. The Morgan fingerprint density at radius 1 is 1.38 bits per heavy atom. The molecule has 0 heterocycles. The summed E-state index contributed by atoms with van der Waals surface area (Å²) in [5.74, 6) is 5.22. The quantitative estimate of drug-likeness (QED) is 0.799. The van der Waals surface area contributed by atoms with Gasteiger partial charge in [-0.25, -0.2) is 5.90 Å². The number of phenols is 1. The van der Waals surface area contributed by atoms with Gasteiger partial charge in [0.25, 0.3) is 0 Å². The molecule has 1 aliphatic rings. The van der Waals surface area contributed by atoms with Gasteiger partial charge in [-0.2, -0.15) is 0 Å². The van der Waals surface area contributed by atoms with Gasteiger partial charge in [-0.3, -0.25) is 0 Å². The molecule has 0 aromatic heterocycles. The van der Waals surface area contributed by atoms with Crippen molar-refractivity contribution in [2.45, 2.75) is 32.1 Å². The number of hydrogen-bond acceptors (Lipinski definition) is 3. The molecule has 0 spiro atoms. The van der Waals surface area contributed by atoms with Crippen molar-refractivity contribution in [3.8, 4) is 5.75 Å². The molecule has 0 fully saturated rings. The van der Waals surface area contributed by atoms with E-state index in [1.165, 1.54) is 24.0 Å². The summed E-state index contributed by atoms with van der Waals surface area (Å²) in [4.78, 5) is 4.58. The molecule has 0 saturated heterocycles. The monoisotopic (exact) mass is 241 g/mol. The number of fused-ring (bicyclic) bond motifs is 1. The van der Waals surface area contributed by atoms with E-state index in [9.17, 15) is 5.11 Å². The van der Waals surface area contributed by atoms with Crippen molar-refractivity contribution in [2.24, 2.45) is 5.90 Å². The van der Waals surface area contributed by atoms with Crippen LogP contribution in [-0.4, -0.2) is 11.7 Å². The van der Waals surface area contributed by atoms with E-state index in [1.54, 1.807) is 0 Å². The van der Waals surface area contributed by atoms with Gasteiger partial charge in [0.1, 0.15) is 5.75 Å². The number of benzene rings is 1. The van der Waals surface area contributed by atoms with Crippen LogP contribution in [0.4, 0.5) is 0 Å². The van der Waals surface area contributed by atoms with Crippen molar-refractivity contribution >= 4 is 11.6 Å². The van der Waals surface area contributed by atoms with Gasteiger partial charge in [-0.05, 0) is 42.9 Å². The summed E-state index contributed by atoms with van der Waals surface area (Å²) in [6.45, 7) is 0.403. The average molecular weight is 242 g/mol. The summed E-state index contributed by atoms with van der Waals surface area (Å²) in [7, 11) is 0. The SMILES string of the molecule is NOCCc1c(O)c(Cl)cc2c1CCCC2. The molecule has 2 rings (SSSR count). The molecule has 0 aliphatic heterocycles. The Balaban J connectivity index is 2.41. The molecule has 4 heteroatoms. The predicted molar refractivity (Wildman–Crippen MR) is 63.6 cm³/mol. The van der Waals surface area contributed by atoms with Crippen LogP contribution in [0, 0.1) is 0 Å². The minimum atomic E-state index is 0.194. The molecular formula is C12H16ClNO2. The van der Waals surface area contributed by atoms with Crippen molar-refractivity contribution in [3.63, 3.8) is 0 Å². The topological polar surface area (TPSA) is 55.5 Å². The number of halogens is 1. The summed E-state index contributed by atoms with van der Waals surface area (Å²) in [5, 5.41) is 10.4. The molecule has 88 valence electrons. The van der Waals surface area contributed by atoms with Gasteiger partial charge < -0.3 is 9.94 Å². The lowest BCUT2D eigenvalue weighted by molar-refractivity contribution is 0.140. The molecule has 3 N–H and O–H groups in total. The van der Waals surface area contributed by atoms with Crippen LogP contribution in [0.25, 0.3) is 0 Å². The average Bonchev–Trinajstić information content (AvgIpc) is 2.30. The number of nitrogens with two attached hydrogens (primary N) is 1. The van der Waals surface area contributed by atoms with Crippen LogP contribution in [0.3, 0.4) is 0 Å². The largest absolute Gasteiger partial charge is 0.506 e. The highest BCUT2D eigenvalue weighted by molar-refractivity contribution is 6.32. The van der Waals surface area contributed by atoms with E-state index in [0.717, 1.165) is 18.4 Å². The Morgan fingerprint density at radius 3 is 2.88 bits per heavy atom. The summed E-state index contributed by atoms with van der Waals surface area (Å²) >= 11 is 6.01. The molecule has 1 aliphatic carbocycles. The molecule has 16 heavy (non-hydrogen) atoms. The van der Waals surface area contributed by atoms with Crippen LogP contribution in [0.2, 0.25) is 5.02 Å². The maximum absolute atomic E-state index is 9.95. The van der Waals surface area contributed by atoms with Crippen molar-refractivity contribution in [1.29, 1.82) is 0 Å². The van der Waals surface area contributed by atoms with E-state index in [0.29, 0.717) is 18.1 Å². The summed E-state index contributed by atoms with van der Waals surface area (Å²) in [6, 6.07) is 1.89. The molecule has 3 nitrogen and oxygen atoms in total. The molecule has 0 bridgehead atoms. The molecule has 0 saturated carbocycles. The van der Waals surface area contributed by atoms with E-state index in [-0.39, 0.29) is 5.75 Å². The first-order valence-electron chi connectivity index (χ1n) is 5.57. The number of aryl methyl sites for hydroxylation is 1. The van der Waals surface area contributed by atoms with Crippen molar-refractivity contribution in [2.75, 3.05) is 6.61 Å². The number of phenolic OH excluding ortho intramolecular Hbond substituents is 1. The Bertz CT molecular complexity index is 393. The van der Waals surface area contributed by atoms with Gasteiger partial charge in [-0.15, -0.1) is 0 Å². The van der Waals surface area contributed by atoms with Crippen molar-refractivity contribution < 1.29 is 9.94 Å². The Hall–Kier alpha value is -0.770. The highest BCUT2D eigenvalue weighted by atomic mass is 35.5. The van der Waals surface area contributed by atoms with Gasteiger partial charge in [0.2, 0.25) is 0 Å². The van der Waals surface area contributed by atoms with E-state index in [1.807, 2.05) is 6.07 Å². The summed E-state index contributed by atoms with van der Waals surface area (Å²) in [5.41, 5.74) is 3.42. The first kappa shape index (κ1) is 11.7. The molecule has 0 amide bonds.